The molecular formula is H6B14O26-4. The summed E-state index contributed by atoms with van der Waals surface area (Å²) in [4.78, 5) is 0. The van der Waals surface area contributed by atoms with Gasteiger partial charge in [-0.05, 0) is 0 Å². The molecule has 4 atom stereocenters. The largest absolute Gasteiger partial charge is 0.680 e. The van der Waals surface area contributed by atoms with E-state index in [-0.39, 0.29) is 0 Å². The highest BCUT2D eigenvalue weighted by atomic mass is 17.1. The van der Waals surface area contributed by atoms with Gasteiger partial charge in [-0.2, -0.15) is 0 Å². The molecule has 0 aliphatic carbocycles. The zero-order valence-corrected chi connectivity index (χ0v) is 18.9. The second-order valence-corrected chi connectivity index (χ2v) is 8.03. The summed E-state index contributed by atoms with van der Waals surface area (Å²) in [6, 6.07) is 0. The second kappa shape index (κ2) is 10.2. The van der Waals surface area contributed by atoms with Crippen LogP contribution in [0.2, 0.25) is 0 Å². The summed E-state index contributed by atoms with van der Waals surface area (Å²) in [5.41, 5.74) is 0. The van der Waals surface area contributed by atoms with E-state index < -0.39 is 101 Å². The molecule has 40 heteroatoms. The van der Waals surface area contributed by atoms with Crippen LogP contribution in [0.1, 0.15) is 0 Å². The van der Waals surface area contributed by atoms with Crippen LogP contribution in [0, 0.1) is 0 Å². The molecule has 0 saturated carbocycles. The minimum Gasteiger partial charge on any atom is -0.680 e. The van der Waals surface area contributed by atoms with Crippen molar-refractivity contribution in [3.63, 3.8) is 0 Å². The quantitative estimate of drug-likeness (QED) is 0.146. The first kappa shape index (κ1) is 28.6. The highest BCUT2D eigenvalue weighted by Crippen LogP contribution is 2.37. The first-order valence-electron chi connectivity index (χ1n) is 11.0. The van der Waals surface area contributed by atoms with Gasteiger partial charge in [0.05, 0.1) is 0 Å². The molecule has 8 bridgehead atoms. The van der Waals surface area contributed by atoms with Gasteiger partial charge < -0.3 is 122 Å². The molecule has 7 rings (SSSR count). The molecular weight excluding hydrogens is 567 g/mol. The van der Waals surface area contributed by atoms with E-state index >= 15 is 0 Å². The van der Waals surface area contributed by atoms with Crippen molar-refractivity contribution < 1.29 is 122 Å². The molecule has 0 amide bonds. The fraction of sp³-hybridized carbons (Fsp3) is 0. The highest BCUT2D eigenvalue weighted by Gasteiger charge is 2.63. The van der Waals surface area contributed by atoms with Crippen LogP contribution in [0.15, 0.2) is 0 Å². The molecule has 4 spiro atoms. The SMILES string of the molecule is OB1OB2OB3OB(O)O[B@-]4(OB(O)O[B@@-]5(OB(O)OB(OB6OB(O)O[B@@-]7(OB(O)O[B@@-](O1)(O2)O7)O6)O5)O4)O3. The Kier molecular flexibility index (Phi) is 7.31. The van der Waals surface area contributed by atoms with Crippen LogP contribution in [-0.4, -0.2) is 131 Å². The average Bonchev–Trinajstić information content (AvgIpc) is 2.73. The first-order chi connectivity index (χ1) is 18.9. The molecule has 40 heavy (non-hydrogen) atoms. The summed E-state index contributed by atoms with van der Waals surface area (Å²) in [5, 5.41) is 60.7. The molecule has 6 N–H and O–H groups in total. The monoisotopic (exact) mass is 576 g/mol. The first-order valence-corrected chi connectivity index (χ1v) is 11.0. The predicted molar refractivity (Wildman–Crippen MR) is 116 cm³/mol. The molecule has 26 nitrogen and oxygen atoms in total. The van der Waals surface area contributed by atoms with Crippen molar-refractivity contribution in [2.24, 2.45) is 0 Å². The Hall–Kier alpha value is -0.131. The van der Waals surface area contributed by atoms with E-state index in [4.69, 9.17) is 91.4 Å². The van der Waals surface area contributed by atoms with Crippen LogP contribution in [-0.2, 0) is 91.4 Å². The summed E-state index contributed by atoms with van der Waals surface area (Å²) >= 11 is 0. The third-order valence-electron chi connectivity index (χ3n) is 5.40. The molecule has 7 saturated heterocycles. The summed E-state index contributed by atoms with van der Waals surface area (Å²) in [7, 11) is -22.8. The minimum atomic E-state index is -3.92. The van der Waals surface area contributed by atoms with Gasteiger partial charge in [0.1, 0.15) is 0 Å². The van der Waals surface area contributed by atoms with Gasteiger partial charge in [-0.3, -0.25) is 0 Å². The van der Waals surface area contributed by atoms with Gasteiger partial charge in [0.2, 0.25) is 0 Å². The molecule has 0 aromatic carbocycles. The van der Waals surface area contributed by atoms with Gasteiger partial charge in [-0.1, -0.05) is 0 Å². The maximum absolute atomic E-state index is 10.2. The van der Waals surface area contributed by atoms with Crippen molar-refractivity contribution in [1.82, 2.24) is 0 Å². The van der Waals surface area contributed by atoms with Gasteiger partial charge in [0, 0.05) is 0 Å². The summed E-state index contributed by atoms with van der Waals surface area (Å²) in [5.74, 6) is 0. The van der Waals surface area contributed by atoms with Gasteiger partial charge >= 0.3 is 101 Å². The summed E-state index contributed by atoms with van der Waals surface area (Å²) in [6.45, 7) is -15.7. The Morgan fingerprint density at radius 1 is 0.275 bits per heavy atom. The van der Waals surface area contributed by atoms with Crippen LogP contribution in [0.25, 0.3) is 0 Å². The standard InChI is InChI=1S/B14H6O26/c15-1-21-7-25-8-22-2(16)29-13(36-8)33-6(20)34-14(40-13)30-4(18)24-10(38-14)26-9-23-3(17)28-12(37-9)32-5(19)31-11(27-1,35-7)39-12/h15-20H/q-4/t11-,12+,13-,14+. The predicted octanol–water partition coefficient (Wildman–Crippen LogP) is -10.0. The second-order valence-electron chi connectivity index (χ2n) is 8.03. The molecule has 7 heterocycles. The van der Waals surface area contributed by atoms with Crippen LogP contribution < -0.4 is 0 Å². The fourth-order valence-corrected chi connectivity index (χ4v) is 4.00. The third kappa shape index (κ3) is 5.60. The van der Waals surface area contributed by atoms with Crippen LogP contribution in [0.3, 0.4) is 0 Å². The van der Waals surface area contributed by atoms with Crippen molar-refractivity contribution in [3.8, 4) is 0 Å². The Labute approximate surface area is 223 Å². The lowest BCUT2D eigenvalue weighted by atomic mass is 9.76. The van der Waals surface area contributed by atoms with Crippen LogP contribution >= 0.6 is 0 Å². The topological polar surface area (TPSA) is 306 Å². The van der Waals surface area contributed by atoms with Gasteiger partial charge in [0.15, 0.2) is 0 Å². The molecule has 0 unspecified atom stereocenters. The Bertz CT molecular complexity index is 798. The van der Waals surface area contributed by atoms with E-state index in [0.717, 1.165) is 0 Å². The number of rotatable bonds is 0. The van der Waals surface area contributed by atoms with Gasteiger partial charge in [-0.15, -0.1) is 0 Å². The zero-order chi connectivity index (χ0) is 27.9. The van der Waals surface area contributed by atoms with Crippen molar-refractivity contribution in [2.75, 3.05) is 0 Å². The number of hydrogen-bond acceptors (Lipinski definition) is 26. The number of hydrogen-bond donors (Lipinski definition) is 6. The molecule has 7 fully saturated rings. The third-order valence-corrected chi connectivity index (χ3v) is 5.40. The average molecular weight is 573 g/mol. The Balaban J connectivity index is 1.27. The Morgan fingerprint density at radius 3 is 0.750 bits per heavy atom. The lowest BCUT2D eigenvalue weighted by molar-refractivity contribution is -0.0459. The molecule has 0 aromatic rings. The fourth-order valence-electron chi connectivity index (χ4n) is 4.00. The summed E-state index contributed by atoms with van der Waals surface area (Å²) in [6.07, 6.45) is 0. The normalized spacial score (nSPS) is 40.6. The van der Waals surface area contributed by atoms with E-state index in [2.05, 4.69) is 0 Å². The van der Waals surface area contributed by atoms with E-state index in [9.17, 15) is 30.1 Å². The molecule has 208 valence electrons. The van der Waals surface area contributed by atoms with Crippen molar-refractivity contribution in [3.05, 3.63) is 0 Å². The van der Waals surface area contributed by atoms with Crippen LogP contribution in [0.4, 0.5) is 0 Å². The maximum Gasteiger partial charge on any atom is 0.582 e. The van der Waals surface area contributed by atoms with Crippen molar-refractivity contribution in [2.45, 2.75) is 0 Å². The molecule has 7 aliphatic heterocycles. The van der Waals surface area contributed by atoms with E-state index in [1.54, 1.807) is 0 Å². The summed E-state index contributed by atoms with van der Waals surface area (Å²) < 4.78 is 101. The smallest absolute Gasteiger partial charge is 0.582 e. The highest BCUT2D eigenvalue weighted by molar-refractivity contribution is 6.91. The van der Waals surface area contributed by atoms with Gasteiger partial charge in [-0.25, -0.2) is 0 Å². The van der Waals surface area contributed by atoms with E-state index in [1.807, 2.05) is 0 Å². The minimum absolute atomic E-state index is 2.19. The lowest BCUT2D eigenvalue weighted by Gasteiger charge is -2.64. The molecule has 0 aromatic heterocycles. The molecule has 0 radical (unpaired) electrons. The van der Waals surface area contributed by atoms with Gasteiger partial charge in [0.25, 0.3) is 0 Å². The maximum atomic E-state index is 10.2. The molecule has 7 aliphatic rings. The Morgan fingerprint density at radius 2 is 0.500 bits per heavy atom. The van der Waals surface area contributed by atoms with Crippen molar-refractivity contribution >= 4 is 101 Å². The number of fused-ring (bicyclic) bond motifs is 4. The lowest BCUT2D eigenvalue weighted by Crippen LogP contribution is -2.79. The zero-order valence-electron chi connectivity index (χ0n) is 18.9. The van der Waals surface area contributed by atoms with E-state index in [1.165, 1.54) is 0 Å². The van der Waals surface area contributed by atoms with Crippen molar-refractivity contribution in [1.29, 1.82) is 0 Å². The van der Waals surface area contributed by atoms with Crippen LogP contribution in [0.5, 0.6) is 0 Å². The van der Waals surface area contributed by atoms with E-state index in [0.29, 0.717) is 0 Å².